The normalized spacial score (nSPS) is 10.7. The minimum absolute atomic E-state index is 0.0105. The van der Waals surface area contributed by atoms with E-state index in [-0.39, 0.29) is 32.3 Å². The molecule has 0 bridgehead atoms. The number of rotatable bonds is 13. The van der Waals surface area contributed by atoms with Crippen molar-refractivity contribution in [1.29, 1.82) is 0 Å². The standard InChI is InChI=1S/C13H27NO5/c1-2-3-4-13(17)14(5-9-18-11-7-15)6-10-19-12-8-16/h15-16H,2-12H2,1H3. The molecule has 6 heteroatoms. The van der Waals surface area contributed by atoms with Gasteiger partial charge in [0.25, 0.3) is 0 Å². The molecule has 0 radical (unpaired) electrons. The predicted octanol–water partition coefficient (Wildman–Crippen LogP) is 0.0230. The Morgan fingerprint density at radius 2 is 1.53 bits per heavy atom. The number of unbranched alkanes of at least 4 members (excludes halogenated alkanes) is 1. The smallest absolute Gasteiger partial charge is 0.222 e. The van der Waals surface area contributed by atoms with Gasteiger partial charge >= 0.3 is 0 Å². The van der Waals surface area contributed by atoms with Gasteiger partial charge in [-0.1, -0.05) is 13.3 Å². The SMILES string of the molecule is CCCCC(=O)N(CCOCCO)CCOCCO. The van der Waals surface area contributed by atoms with Crippen molar-refractivity contribution in [3.63, 3.8) is 0 Å². The van der Waals surface area contributed by atoms with E-state index in [1.165, 1.54) is 0 Å². The molecule has 0 unspecified atom stereocenters. The molecule has 0 aromatic carbocycles. The van der Waals surface area contributed by atoms with Gasteiger partial charge in [-0.3, -0.25) is 4.79 Å². The van der Waals surface area contributed by atoms with Crippen molar-refractivity contribution in [2.24, 2.45) is 0 Å². The lowest BCUT2D eigenvalue weighted by molar-refractivity contribution is -0.133. The van der Waals surface area contributed by atoms with Crippen LogP contribution >= 0.6 is 0 Å². The fourth-order valence-corrected chi connectivity index (χ4v) is 1.53. The lowest BCUT2D eigenvalue weighted by Gasteiger charge is -2.22. The highest BCUT2D eigenvalue weighted by Crippen LogP contribution is 2.01. The highest BCUT2D eigenvalue weighted by Gasteiger charge is 2.12. The van der Waals surface area contributed by atoms with E-state index >= 15 is 0 Å². The first-order valence-electron chi connectivity index (χ1n) is 6.91. The second-order valence-electron chi connectivity index (χ2n) is 4.16. The van der Waals surface area contributed by atoms with Gasteiger partial charge in [0.15, 0.2) is 0 Å². The Morgan fingerprint density at radius 3 is 1.95 bits per heavy atom. The van der Waals surface area contributed by atoms with Crippen molar-refractivity contribution < 1.29 is 24.5 Å². The summed E-state index contributed by atoms with van der Waals surface area (Å²) in [7, 11) is 0. The van der Waals surface area contributed by atoms with Crippen LogP contribution in [0, 0.1) is 0 Å². The van der Waals surface area contributed by atoms with Crippen LogP contribution in [0.5, 0.6) is 0 Å². The van der Waals surface area contributed by atoms with E-state index < -0.39 is 0 Å². The monoisotopic (exact) mass is 277 g/mol. The molecular formula is C13H27NO5. The van der Waals surface area contributed by atoms with E-state index in [0.717, 1.165) is 12.8 Å². The summed E-state index contributed by atoms with van der Waals surface area (Å²) in [5, 5.41) is 17.2. The average molecular weight is 277 g/mol. The van der Waals surface area contributed by atoms with Crippen LogP contribution in [0.25, 0.3) is 0 Å². The molecular weight excluding hydrogens is 250 g/mol. The number of carbonyl (C=O) groups is 1. The maximum Gasteiger partial charge on any atom is 0.222 e. The van der Waals surface area contributed by atoms with Crippen molar-refractivity contribution >= 4 is 5.91 Å². The third-order valence-corrected chi connectivity index (χ3v) is 2.58. The Hall–Kier alpha value is -0.690. The first kappa shape index (κ1) is 18.3. The number of aliphatic hydroxyl groups excluding tert-OH is 2. The van der Waals surface area contributed by atoms with Crippen LogP contribution in [-0.2, 0) is 14.3 Å². The Labute approximate surface area is 115 Å². The predicted molar refractivity (Wildman–Crippen MR) is 71.9 cm³/mol. The van der Waals surface area contributed by atoms with Gasteiger partial charge in [0.1, 0.15) is 0 Å². The lowest BCUT2D eigenvalue weighted by atomic mass is 10.2. The Bertz CT molecular complexity index is 201. The summed E-state index contributed by atoms with van der Waals surface area (Å²) in [5.74, 6) is 0.0991. The second kappa shape index (κ2) is 13.7. The summed E-state index contributed by atoms with van der Waals surface area (Å²) in [4.78, 5) is 13.7. The Kier molecular flexibility index (Phi) is 13.2. The first-order chi connectivity index (χ1) is 9.26. The minimum atomic E-state index is -0.0105. The largest absolute Gasteiger partial charge is 0.394 e. The van der Waals surface area contributed by atoms with Crippen LogP contribution in [0.3, 0.4) is 0 Å². The molecule has 0 heterocycles. The minimum Gasteiger partial charge on any atom is -0.394 e. The van der Waals surface area contributed by atoms with Crippen molar-refractivity contribution in [1.82, 2.24) is 4.90 Å². The van der Waals surface area contributed by atoms with Crippen molar-refractivity contribution in [3.8, 4) is 0 Å². The molecule has 6 nitrogen and oxygen atoms in total. The molecule has 0 aromatic heterocycles. The molecule has 0 saturated carbocycles. The van der Waals surface area contributed by atoms with Gasteiger partial charge in [0.2, 0.25) is 5.91 Å². The number of hydrogen-bond donors (Lipinski definition) is 2. The van der Waals surface area contributed by atoms with E-state index in [4.69, 9.17) is 19.7 Å². The van der Waals surface area contributed by atoms with Gasteiger partial charge in [-0.2, -0.15) is 0 Å². The quantitative estimate of drug-likeness (QED) is 0.464. The van der Waals surface area contributed by atoms with Crippen LogP contribution < -0.4 is 0 Å². The fourth-order valence-electron chi connectivity index (χ4n) is 1.53. The van der Waals surface area contributed by atoms with E-state index in [0.29, 0.717) is 32.7 Å². The van der Waals surface area contributed by atoms with Crippen LogP contribution in [0.1, 0.15) is 26.2 Å². The number of carbonyl (C=O) groups excluding carboxylic acids is 1. The highest BCUT2D eigenvalue weighted by molar-refractivity contribution is 5.76. The molecule has 0 fully saturated rings. The number of hydrogen-bond acceptors (Lipinski definition) is 5. The molecule has 114 valence electrons. The summed E-state index contributed by atoms with van der Waals surface area (Å²) in [6.45, 7) is 4.45. The zero-order valence-electron chi connectivity index (χ0n) is 11.8. The maximum absolute atomic E-state index is 11.9. The summed E-state index contributed by atoms with van der Waals surface area (Å²) in [6, 6.07) is 0. The Balaban J connectivity index is 3.94. The number of nitrogens with zero attached hydrogens (tertiary/aromatic N) is 1. The van der Waals surface area contributed by atoms with E-state index in [9.17, 15) is 4.79 Å². The van der Waals surface area contributed by atoms with Gasteiger partial charge in [-0.05, 0) is 6.42 Å². The summed E-state index contributed by atoms with van der Waals surface area (Å²) in [5.41, 5.74) is 0. The zero-order valence-corrected chi connectivity index (χ0v) is 11.8. The topological polar surface area (TPSA) is 79.2 Å². The molecule has 0 aliphatic rings. The molecule has 0 saturated heterocycles. The first-order valence-corrected chi connectivity index (χ1v) is 6.91. The molecule has 0 rings (SSSR count). The number of aliphatic hydroxyl groups is 2. The molecule has 1 amide bonds. The average Bonchev–Trinajstić information content (AvgIpc) is 2.43. The number of amides is 1. The molecule has 2 N–H and O–H groups in total. The molecule has 0 aliphatic heterocycles. The molecule has 0 spiro atoms. The molecule has 0 atom stereocenters. The third-order valence-electron chi connectivity index (χ3n) is 2.58. The maximum atomic E-state index is 11.9. The van der Waals surface area contributed by atoms with Gasteiger partial charge in [0.05, 0.1) is 39.6 Å². The summed E-state index contributed by atoms with van der Waals surface area (Å²) < 4.78 is 10.3. The van der Waals surface area contributed by atoms with Crippen molar-refractivity contribution in [2.75, 3.05) is 52.7 Å². The van der Waals surface area contributed by atoms with Gasteiger partial charge < -0.3 is 24.6 Å². The number of ether oxygens (including phenoxy) is 2. The summed E-state index contributed by atoms with van der Waals surface area (Å²) in [6.07, 6.45) is 2.41. The van der Waals surface area contributed by atoms with Gasteiger partial charge in [-0.25, -0.2) is 0 Å². The van der Waals surface area contributed by atoms with Crippen LogP contribution in [0.2, 0.25) is 0 Å². The molecule has 0 aromatic rings. The van der Waals surface area contributed by atoms with Gasteiger partial charge in [-0.15, -0.1) is 0 Å². The van der Waals surface area contributed by atoms with Gasteiger partial charge in [0, 0.05) is 19.5 Å². The van der Waals surface area contributed by atoms with Crippen LogP contribution in [-0.4, -0.2) is 73.8 Å². The van der Waals surface area contributed by atoms with Crippen LogP contribution in [0.15, 0.2) is 0 Å². The second-order valence-corrected chi connectivity index (χ2v) is 4.16. The summed E-state index contributed by atoms with van der Waals surface area (Å²) >= 11 is 0. The van der Waals surface area contributed by atoms with E-state index in [2.05, 4.69) is 0 Å². The van der Waals surface area contributed by atoms with Crippen molar-refractivity contribution in [3.05, 3.63) is 0 Å². The molecule has 19 heavy (non-hydrogen) atoms. The zero-order chi connectivity index (χ0) is 14.3. The van der Waals surface area contributed by atoms with Crippen molar-refractivity contribution in [2.45, 2.75) is 26.2 Å². The molecule has 0 aliphatic carbocycles. The van der Waals surface area contributed by atoms with Crippen LogP contribution in [0.4, 0.5) is 0 Å². The van der Waals surface area contributed by atoms with E-state index in [1.54, 1.807) is 4.90 Å². The fraction of sp³-hybridized carbons (Fsp3) is 0.923. The lowest BCUT2D eigenvalue weighted by Crippen LogP contribution is -2.36. The van der Waals surface area contributed by atoms with E-state index in [1.807, 2.05) is 6.92 Å². The third kappa shape index (κ3) is 10.9. The highest BCUT2D eigenvalue weighted by atomic mass is 16.5. The Morgan fingerprint density at radius 1 is 1.00 bits per heavy atom.